The van der Waals surface area contributed by atoms with E-state index in [0.717, 1.165) is 0 Å². The predicted molar refractivity (Wildman–Crippen MR) is 184 cm³/mol. The average molecular weight is 574 g/mol. The van der Waals surface area contributed by atoms with Crippen molar-refractivity contribution in [2.75, 3.05) is 0 Å². The minimum absolute atomic E-state index is 1.23. The van der Waals surface area contributed by atoms with E-state index in [-0.39, 0.29) is 0 Å². The van der Waals surface area contributed by atoms with Gasteiger partial charge < -0.3 is 0 Å². The highest BCUT2D eigenvalue weighted by molar-refractivity contribution is 4.84. The molecule has 1 aromatic rings. The van der Waals surface area contributed by atoms with E-state index in [1.165, 1.54) is 212 Å². The Morgan fingerprint density at radius 1 is 0.415 bits per heavy atom. The Balaban J connectivity index is 2.22. The second kappa shape index (κ2) is 30.7. The van der Waals surface area contributed by atoms with Crippen LogP contribution >= 0.6 is 0 Å². The molecule has 1 heterocycles. The lowest BCUT2D eigenvalue weighted by molar-refractivity contribution is -0.704. The molecule has 1 rings (SSSR count). The first kappa shape index (κ1) is 38.2. The van der Waals surface area contributed by atoms with E-state index in [2.05, 4.69) is 42.3 Å². The fourth-order valence-electron chi connectivity index (χ4n) is 6.50. The van der Waals surface area contributed by atoms with Gasteiger partial charge >= 0.3 is 0 Å². The van der Waals surface area contributed by atoms with Crippen molar-refractivity contribution in [1.29, 1.82) is 0 Å². The van der Waals surface area contributed by atoms with Crippen LogP contribution in [0.2, 0.25) is 0 Å². The maximum absolute atomic E-state index is 2.63. The van der Waals surface area contributed by atoms with E-state index in [0.29, 0.717) is 0 Å². The average Bonchev–Trinajstić information content (AvgIpc) is 3.37. The molecule has 0 amide bonds. The van der Waals surface area contributed by atoms with Gasteiger partial charge in [0.2, 0.25) is 0 Å². The van der Waals surface area contributed by atoms with Crippen LogP contribution in [0, 0.1) is 0 Å². The first-order chi connectivity index (χ1) is 20.3. The van der Waals surface area contributed by atoms with Crippen molar-refractivity contribution in [3.63, 3.8) is 0 Å². The molecule has 0 N–H and O–H groups in total. The van der Waals surface area contributed by atoms with Crippen LogP contribution in [-0.4, -0.2) is 4.57 Å². The maximum Gasteiger partial charge on any atom is 0.256 e. The summed E-state index contributed by atoms with van der Waals surface area (Å²) in [5.74, 6) is 1.62. The van der Waals surface area contributed by atoms with Gasteiger partial charge in [0.25, 0.3) is 5.82 Å². The Kier molecular flexibility index (Phi) is 28.6. The summed E-state index contributed by atoms with van der Waals surface area (Å²) >= 11 is 0. The van der Waals surface area contributed by atoms with Crippen molar-refractivity contribution in [2.24, 2.45) is 0 Å². The zero-order chi connectivity index (χ0) is 29.5. The molecule has 0 aliphatic carbocycles. The molecule has 0 atom stereocenters. The summed E-state index contributed by atoms with van der Waals surface area (Å²) in [5.41, 5.74) is 0. The van der Waals surface area contributed by atoms with Crippen molar-refractivity contribution in [1.82, 2.24) is 4.57 Å². The summed E-state index contributed by atoms with van der Waals surface area (Å²) in [5, 5.41) is 0. The number of nitrogens with zero attached hydrogens (tertiary/aromatic N) is 2. The molecule has 0 radical (unpaired) electrons. The minimum atomic E-state index is 1.23. The van der Waals surface area contributed by atoms with E-state index in [1.54, 1.807) is 5.82 Å². The summed E-state index contributed by atoms with van der Waals surface area (Å²) in [6.45, 7) is 9.40. The van der Waals surface area contributed by atoms with Gasteiger partial charge in [-0.1, -0.05) is 181 Å². The topological polar surface area (TPSA) is 8.81 Å². The number of aryl methyl sites for hydroxylation is 2. The molecule has 2 nitrogen and oxygen atoms in total. The van der Waals surface area contributed by atoms with E-state index in [9.17, 15) is 0 Å². The Bertz CT molecular complexity index is 634. The van der Waals surface area contributed by atoms with Gasteiger partial charge in [0.05, 0.1) is 13.1 Å². The Morgan fingerprint density at radius 2 is 0.756 bits per heavy atom. The van der Waals surface area contributed by atoms with Crippen LogP contribution in [0.5, 0.6) is 0 Å². The number of hydrogen-bond donors (Lipinski definition) is 0. The Hall–Kier alpha value is -0.790. The number of hydrogen-bond acceptors (Lipinski definition) is 0. The SMILES string of the molecule is CCCCCCCCCCCCCCCCC[n+]1ccn(CCCCCCCCCCC)c1CCCCCCCC. The van der Waals surface area contributed by atoms with Gasteiger partial charge in [-0.05, 0) is 32.1 Å². The molecule has 1 aromatic heterocycles. The van der Waals surface area contributed by atoms with Crippen molar-refractivity contribution < 1.29 is 4.57 Å². The number of rotatable bonds is 33. The fourth-order valence-corrected chi connectivity index (χ4v) is 6.50. The summed E-state index contributed by atoms with van der Waals surface area (Å²) in [7, 11) is 0. The van der Waals surface area contributed by atoms with E-state index in [1.807, 2.05) is 0 Å². The summed E-state index contributed by atoms with van der Waals surface area (Å²) < 4.78 is 5.25. The summed E-state index contributed by atoms with van der Waals surface area (Å²) in [6.07, 6.45) is 48.9. The highest BCUT2D eigenvalue weighted by atomic mass is 15.1. The lowest BCUT2D eigenvalue weighted by atomic mass is 10.0. The normalized spacial score (nSPS) is 11.6. The minimum Gasteiger partial charge on any atom is -0.234 e. The van der Waals surface area contributed by atoms with Crippen molar-refractivity contribution in [2.45, 2.75) is 233 Å². The molecule has 0 saturated carbocycles. The monoisotopic (exact) mass is 574 g/mol. The second-order valence-corrected chi connectivity index (χ2v) is 13.4. The van der Waals surface area contributed by atoms with Crippen LogP contribution < -0.4 is 4.57 Å². The molecule has 0 aromatic carbocycles. The molecule has 2 heteroatoms. The van der Waals surface area contributed by atoms with Gasteiger partial charge in [-0.3, -0.25) is 0 Å². The smallest absolute Gasteiger partial charge is 0.234 e. The van der Waals surface area contributed by atoms with Gasteiger partial charge in [-0.2, -0.15) is 0 Å². The van der Waals surface area contributed by atoms with Gasteiger partial charge in [0.15, 0.2) is 0 Å². The zero-order valence-corrected chi connectivity index (χ0v) is 28.9. The Labute approximate surface area is 259 Å². The van der Waals surface area contributed by atoms with Crippen LogP contribution in [0.3, 0.4) is 0 Å². The predicted octanol–water partition coefficient (Wildman–Crippen LogP) is 13.1. The molecule has 242 valence electrons. The first-order valence-electron chi connectivity index (χ1n) is 19.4. The van der Waals surface area contributed by atoms with E-state index >= 15 is 0 Å². The maximum atomic E-state index is 2.63. The molecule has 0 aliphatic heterocycles. The van der Waals surface area contributed by atoms with Gasteiger partial charge in [0, 0.05) is 6.42 Å². The van der Waals surface area contributed by atoms with Crippen LogP contribution in [-0.2, 0) is 19.5 Å². The lowest BCUT2D eigenvalue weighted by Gasteiger charge is -2.07. The third-order valence-corrected chi connectivity index (χ3v) is 9.35. The number of aromatic nitrogens is 2. The largest absolute Gasteiger partial charge is 0.256 e. The summed E-state index contributed by atoms with van der Waals surface area (Å²) in [6, 6.07) is 0. The standard InChI is InChI=1S/C39H77N2/c1-4-7-10-13-16-18-19-20-21-22-23-25-27-30-33-36-41-38-37-40(39(41)34-31-28-15-12-9-6-3)35-32-29-26-24-17-14-11-8-5-2/h37-38H,4-36H2,1-3H3/q+1. The summed E-state index contributed by atoms with van der Waals surface area (Å²) in [4.78, 5) is 0. The number of unbranched alkanes of at least 4 members (excludes halogenated alkanes) is 27. The molecule has 0 aliphatic rings. The highest BCUT2D eigenvalue weighted by Crippen LogP contribution is 2.15. The quantitative estimate of drug-likeness (QED) is 0.0584. The molecule has 0 fully saturated rings. The zero-order valence-electron chi connectivity index (χ0n) is 28.9. The second-order valence-electron chi connectivity index (χ2n) is 13.4. The third-order valence-electron chi connectivity index (χ3n) is 9.35. The van der Waals surface area contributed by atoms with Crippen molar-refractivity contribution >= 4 is 0 Å². The number of imidazole rings is 1. The molecular weight excluding hydrogens is 496 g/mol. The van der Waals surface area contributed by atoms with Crippen LogP contribution in [0.25, 0.3) is 0 Å². The van der Waals surface area contributed by atoms with Crippen molar-refractivity contribution in [3.05, 3.63) is 18.2 Å². The van der Waals surface area contributed by atoms with E-state index < -0.39 is 0 Å². The van der Waals surface area contributed by atoms with Crippen LogP contribution in [0.15, 0.2) is 12.4 Å². The molecular formula is C39H77N2+. The third kappa shape index (κ3) is 23.4. The molecule has 0 saturated heterocycles. The van der Waals surface area contributed by atoms with E-state index in [4.69, 9.17) is 0 Å². The van der Waals surface area contributed by atoms with Gasteiger partial charge in [0.1, 0.15) is 12.4 Å². The van der Waals surface area contributed by atoms with Crippen LogP contribution in [0.4, 0.5) is 0 Å². The first-order valence-corrected chi connectivity index (χ1v) is 19.4. The molecule has 0 spiro atoms. The molecule has 41 heavy (non-hydrogen) atoms. The van der Waals surface area contributed by atoms with Gasteiger partial charge in [-0.25, -0.2) is 9.13 Å². The lowest BCUT2D eigenvalue weighted by Crippen LogP contribution is -2.37. The Morgan fingerprint density at radius 3 is 1.17 bits per heavy atom. The molecule has 0 bridgehead atoms. The fraction of sp³-hybridized carbons (Fsp3) is 0.923. The van der Waals surface area contributed by atoms with Crippen molar-refractivity contribution in [3.8, 4) is 0 Å². The van der Waals surface area contributed by atoms with Crippen LogP contribution in [0.1, 0.15) is 219 Å². The molecule has 0 unspecified atom stereocenters. The highest BCUT2D eigenvalue weighted by Gasteiger charge is 2.16. The van der Waals surface area contributed by atoms with Gasteiger partial charge in [-0.15, -0.1) is 0 Å².